The first-order valence-corrected chi connectivity index (χ1v) is 26.2. The van der Waals surface area contributed by atoms with E-state index in [-0.39, 0.29) is 0 Å². The topological polar surface area (TPSA) is 14.8 Å². The SMILES string of the molecule is c1ccc(-c2cc(-n3c4ccccc4c4cc([Si](c5ccccc5)(c5ccccc5)c5ccccc5)ccc43)cc(-n3c4ccccc4c4c(-n5c6ccccc6c6ccccc65)cccc43)c2)cc1. The van der Waals surface area contributed by atoms with E-state index in [0.717, 1.165) is 28.0 Å². The minimum absolute atomic E-state index is 1.10. The molecule has 0 aliphatic heterocycles. The zero-order chi connectivity index (χ0) is 46.2. The first-order valence-electron chi connectivity index (χ1n) is 24.2. The van der Waals surface area contributed by atoms with Crippen LogP contribution in [0.15, 0.2) is 273 Å². The minimum Gasteiger partial charge on any atom is -0.309 e. The van der Waals surface area contributed by atoms with Crippen molar-refractivity contribution in [2.24, 2.45) is 0 Å². The molecule has 328 valence electrons. The Morgan fingerprint density at radius 2 is 0.629 bits per heavy atom. The second-order valence-corrected chi connectivity index (χ2v) is 22.2. The number of fused-ring (bicyclic) bond motifs is 9. The summed E-state index contributed by atoms with van der Waals surface area (Å²) < 4.78 is 7.45. The van der Waals surface area contributed by atoms with E-state index >= 15 is 0 Å². The van der Waals surface area contributed by atoms with Gasteiger partial charge in [-0.25, -0.2) is 0 Å². The molecule has 0 aliphatic carbocycles. The molecule has 3 aromatic heterocycles. The van der Waals surface area contributed by atoms with Gasteiger partial charge >= 0.3 is 0 Å². The average molecular weight is 908 g/mol. The highest BCUT2D eigenvalue weighted by atomic mass is 28.3. The number of aromatic nitrogens is 3. The van der Waals surface area contributed by atoms with Crippen molar-refractivity contribution in [2.45, 2.75) is 0 Å². The molecule has 3 nitrogen and oxygen atoms in total. The molecule has 3 heterocycles. The van der Waals surface area contributed by atoms with Crippen LogP contribution in [-0.4, -0.2) is 21.8 Å². The molecular weight excluding hydrogens is 863 g/mol. The van der Waals surface area contributed by atoms with Crippen LogP contribution in [0.2, 0.25) is 0 Å². The van der Waals surface area contributed by atoms with Crippen LogP contribution in [0.25, 0.3) is 93.6 Å². The van der Waals surface area contributed by atoms with E-state index in [4.69, 9.17) is 0 Å². The third kappa shape index (κ3) is 6.00. The Morgan fingerprint density at radius 3 is 1.17 bits per heavy atom. The lowest BCUT2D eigenvalue weighted by Crippen LogP contribution is -2.74. The lowest BCUT2D eigenvalue weighted by molar-refractivity contribution is 1.13. The summed E-state index contributed by atoms with van der Waals surface area (Å²) in [5, 5.41) is 12.9. The van der Waals surface area contributed by atoms with Crippen LogP contribution in [0.5, 0.6) is 0 Å². The van der Waals surface area contributed by atoms with E-state index in [9.17, 15) is 0 Å². The predicted molar refractivity (Wildman–Crippen MR) is 299 cm³/mol. The van der Waals surface area contributed by atoms with E-state index in [1.54, 1.807) is 0 Å². The van der Waals surface area contributed by atoms with Gasteiger partial charge in [0.2, 0.25) is 0 Å². The second kappa shape index (κ2) is 16.1. The number of benzene rings is 11. The summed E-state index contributed by atoms with van der Waals surface area (Å²) in [7, 11) is -2.79. The van der Waals surface area contributed by atoms with Crippen LogP contribution >= 0.6 is 0 Å². The molecule has 70 heavy (non-hydrogen) atoms. The fraction of sp³-hybridized carbons (Fsp3) is 0. The van der Waals surface area contributed by atoms with E-state index in [1.807, 2.05) is 0 Å². The molecule has 0 spiro atoms. The summed E-state index contributed by atoms with van der Waals surface area (Å²) >= 11 is 0. The Morgan fingerprint density at radius 1 is 0.229 bits per heavy atom. The highest BCUT2D eigenvalue weighted by molar-refractivity contribution is 7.20. The lowest BCUT2D eigenvalue weighted by Gasteiger charge is -2.34. The van der Waals surface area contributed by atoms with Gasteiger partial charge < -0.3 is 13.7 Å². The van der Waals surface area contributed by atoms with Crippen molar-refractivity contribution in [3.05, 3.63) is 273 Å². The Bertz CT molecular complexity index is 4130. The van der Waals surface area contributed by atoms with Gasteiger partial charge in [-0.2, -0.15) is 0 Å². The molecule has 14 rings (SSSR count). The highest BCUT2D eigenvalue weighted by Gasteiger charge is 2.41. The summed E-state index contributed by atoms with van der Waals surface area (Å²) in [4.78, 5) is 0. The van der Waals surface area contributed by atoms with Gasteiger partial charge in [-0.1, -0.05) is 212 Å². The Balaban J connectivity index is 1.04. The zero-order valence-electron chi connectivity index (χ0n) is 38.3. The minimum atomic E-state index is -2.79. The molecule has 0 unspecified atom stereocenters. The third-order valence-corrected chi connectivity index (χ3v) is 19.5. The smallest absolute Gasteiger partial charge is 0.179 e. The first-order chi connectivity index (χ1) is 34.8. The van der Waals surface area contributed by atoms with Crippen LogP contribution in [0.4, 0.5) is 0 Å². The van der Waals surface area contributed by atoms with Gasteiger partial charge in [-0.3, -0.25) is 0 Å². The molecule has 0 atom stereocenters. The second-order valence-electron chi connectivity index (χ2n) is 18.4. The van der Waals surface area contributed by atoms with Gasteiger partial charge in [-0.05, 0) is 92.5 Å². The van der Waals surface area contributed by atoms with Crippen molar-refractivity contribution in [3.63, 3.8) is 0 Å². The Hall–Kier alpha value is -8.96. The molecule has 0 fully saturated rings. The maximum atomic E-state index is 2.53. The van der Waals surface area contributed by atoms with Crippen molar-refractivity contribution < 1.29 is 0 Å². The lowest BCUT2D eigenvalue weighted by atomic mass is 10.0. The molecular formula is C66H45N3Si. The molecule has 0 N–H and O–H groups in total. The van der Waals surface area contributed by atoms with Crippen molar-refractivity contribution in [1.29, 1.82) is 0 Å². The molecule has 11 aromatic carbocycles. The highest BCUT2D eigenvalue weighted by Crippen LogP contribution is 2.42. The number of rotatable bonds is 8. The summed E-state index contributed by atoms with van der Waals surface area (Å²) in [5.74, 6) is 0. The van der Waals surface area contributed by atoms with Gasteiger partial charge in [0.1, 0.15) is 0 Å². The molecule has 14 aromatic rings. The maximum absolute atomic E-state index is 2.79. The van der Waals surface area contributed by atoms with Crippen molar-refractivity contribution in [1.82, 2.24) is 13.7 Å². The molecule has 4 heteroatoms. The van der Waals surface area contributed by atoms with Crippen LogP contribution in [0.3, 0.4) is 0 Å². The fourth-order valence-corrected chi connectivity index (χ4v) is 16.6. The first kappa shape index (κ1) is 40.1. The molecule has 0 aliphatic rings. The summed E-state index contributed by atoms with van der Waals surface area (Å²) in [6, 6.07) is 101. The quantitative estimate of drug-likeness (QED) is 0.107. The van der Waals surface area contributed by atoms with E-state index in [0.29, 0.717) is 0 Å². The summed E-state index contributed by atoms with van der Waals surface area (Å²) in [6.45, 7) is 0. The van der Waals surface area contributed by atoms with Crippen molar-refractivity contribution in [3.8, 4) is 28.2 Å². The Labute approximate surface area is 407 Å². The number of para-hydroxylation sites is 4. The largest absolute Gasteiger partial charge is 0.309 e. The standard InChI is InChI=1S/C66H45N3Si/c1-5-22-46(23-6-1)47-42-48(44-49(43-47)68-62-37-20-16-33-57(62)66-64(68)38-21-39-65(66)69-60-35-18-13-30-54(60)55-31-14-19-36-61(55)69)67-59-34-17-15-32-56(59)58-45-53(40-41-63(58)67)70(50-24-7-2-8-25-50,51-26-9-3-10-27-51)52-28-11-4-12-29-52/h1-45H. The van der Waals surface area contributed by atoms with E-state index < -0.39 is 8.07 Å². The predicted octanol–water partition coefficient (Wildman–Crippen LogP) is 14.0. The van der Waals surface area contributed by atoms with Crippen LogP contribution in [0, 0.1) is 0 Å². The van der Waals surface area contributed by atoms with E-state index in [2.05, 4.69) is 287 Å². The number of hydrogen-bond donors (Lipinski definition) is 0. The summed E-state index contributed by atoms with van der Waals surface area (Å²) in [5.41, 5.74) is 12.8. The van der Waals surface area contributed by atoms with Crippen molar-refractivity contribution in [2.75, 3.05) is 0 Å². The van der Waals surface area contributed by atoms with Gasteiger partial charge in [0.05, 0.1) is 38.8 Å². The van der Waals surface area contributed by atoms with Gasteiger partial charge in [0.25, 0.3) is 0 Å². The fourth-order valence-electron chi connectivity index (χ4n) is 11.8. The van der Waals surface area contributed by atoms with E-state index in [1.165, 1.54) is 86.4 Å². The van der Waals surface area contributed by atoms with Crippen molar-refractivity contribution >= 4 is 94.2 Å². The Kier molecular flexibility index (Phi) is 9.23. The van der Waals surface area contributed by atoms with Crippen LogP contribution < -0.4 is 20.7 Å². The molecule has 0 radical (unpaired) electrons. The monoisotopic (exact) mass is 907 g/mol. The van der Waals surface area contributed by atoms with Crippen LogP contribution in [0.1, 0.15) is 0 Å². The van der Waals surface area contributed by atoms with Crippen LogP contribution in [-0.2, 0) is 0 Å². The number of nitrogens with zero attached hydrogens (tertiary/aromatic N) is 3. The molecule has 0 saturated carbocycles. The zero-order valence-corrected chi connectivity index (χ0v) is 39.3. The molecule has 0 amide bonds. The summed E-state index contributed by atoms with van der Waals surface area (Å²) in [6.07, 6.45) is 0. The third-order valence-electron chi connectivity index (χ3n) is 14.7. The van der Waals surface area contributed by atoms with Gasteiger partial charge in [0.15, 0.2) is 8.07 Å². The molecule has 0 bridgehead atoms. The maximum Gasteiger partial charge on any atom is 0.179 e. The van der Waals surface area contributed by atoms with Gasteiger partial charge in [-0.15, -0.1) is 0 Å². The van der Waals surface area contributed by atoms with Gasteiger partial charge in [0, 0.05) is 43.7 Å². The average Bonchev–Trinajstić information content (AvgIpc) is 4.08. The number of hydrogen-bond acceptors (Lipinski definition) is 0. The molecule has 0 saturated heterocycles. The normalized spacial score (nSPS) is 12.0.